The number of rotatable bonds is 1. The Morgan fingerprint density at radius 1 is 1.39 bits per heavy atom. The largest absolute Gasteiger partial charge is 0.356 e. The minimum absolute atomic E-state index is 0.394. The Labute approximate surface area is 117 Å². The van der Waals surface area contributed by atoms with Crippen LogP contribution in [0.3, 0.4) is 0 Å². The molecule has 18 heavy (non-hydrogen) atoms. The highest BCUT2D eigenvalue weighted by atomic mass is 79.9. The van der Waals surface area contributed by atoms with Crippen molar-refractivity contribution in [2.45, 2.75) is 32.2 Å². The summed E-state index contributed by atoms with van der Waals surface area (Å²) < 4.78 is 1.08. The molecule has 3 nitrogen and oxygen atoms in total. The molecule has 0 spiro atoms. The fourth-order valence-corrected chi connectivity index (χ4v) is 3.62. The molecule has 2 fully saturated rings. The number of aryl methyl sites for hydroxylation is 1. The number of nitrogens with two attached hydrogens (primary N) is 1. The standard InChI is InChI=1S/C14H20BrN3/c1-9-5-14(17-6-12(9)15)18-7-10-3-2-4-13(16)11(10)8-18/h5-6,10-11,13H,2-4,7-8,16H2,1H3. The average molecular weight is 310 g/mol. The van der Waals surface area contributed by atoms with E-state index in [0.29, 0.717) is 12.0 Å². The van der Waals surface area contributed by atoms with Crippen molar-refractivity contribution >= 4 is 21.7 Å². The van der Waals surface area contributed by atoms with Crippen LogP contribution in [-0.4, -0.2) is 24.1 Å². The van der Waals surface area contributed by atoms with Crippen LogP contribution in [0.1, 0.15) is 24.8 Å². The molecule has 4 heteroatoms. The molecule has 1 saturated carbocycles. The lowest BCUT2D eigenvalue weighted by molar-refractivity contribution is 0.260. The molecule has 1 aliphatic heterocycles. The van der Waals surface area contributed by atoms with Gasteiger partial charge in [-0.1, -0.05) is 6.42 Å². The van der Waals surface area contributed by atoms with Gasteiger partial charge in [0.25, 0.3) is 0 Å². The maximum absolute atomic E-state index is 6.26. The molecule has 0 radical (unpaired) electrons. The molecular formula is C14H20BrN3. The highest BCUT2D eigenvalue weighted by Gasteiger charge is 2.39. The third kappa shape index (κ3) is 2.16. The van der Waals surface area contributed by atoms with Gasteiger partial charge in [-0.25, -0.2) is 4.98 Å². The summed E-state index contributed by atoms with van der Waals surface area (Å²) in [5, 5.41) is 0. The molecule has 0 aromatic carbocycles. The van der Waals surface area contributed by atoms with Gasteiger partial charge >= 0.3 is 0 Å². The summed E-state index contributed by atoms with van der Waals surface area (Å²) in [4.78, 5) is 6.96. The van der Waals surface area contributed by atoms with Gasteiger partial charge in [0.05, 0.1) is 0 Å². The van der Waals surface area contributed by atoms with Crippen molar-refractivity contribution < 1.29 is 0 Å². The van der Waals surface area contributed by atoms with Gasteiger partial charge in [0, 0.05) is 29.8 Å². The Morgan fingerprint density at radius 3 is 2.94 bits per heavy atom. The smallest absolute Gasteiger partial charge is 0.128 e. The van der Waals surface area contributed by atoms with E-state index in [1.54, 1.807) is 0 Å². The van der Waals surface area contributed by atoms with Gasteiger partial charge in [-0.3, -0.25) is 0 Å². The second-order valence-electron chi connectivity index (χ2n) is 5.72. The first-order chi connectivity index (χ1) is 8.65. The number of pyridine rings is 1. The Morgan fingerprint density at radius 2 is 2.22 bits per heavy atom. The van der Waals surface area contributed by atoms with E-state index in [0.717, 1.165) is 29.3 Å². The molecule has 2 aliphatic rings. The van der Waals surface area contributed by atoms with Crippen LogP contribution in [0.2, 0.25) is 0 Å². The summed E-state index contributed by atoms with van der Waals surface area (Å²) in [7, 11) is 0. The van der Waals surface area contributed by atoms with Crippen LogP contribution in [0.4, 0.5) is 5.82 Å². The van der Waals surface area contributed by atoms with Crippen molar-refractivity contribution in [3.63, 3.8) is 0 Å². The van der Waals surface area contributed by atoms with Crippen LogP contribution >= 0.6 is 15.9 Å². The summed E-state index contributed by atoms with van der Waals surface area (Å²) >= 11 is 3.51. The molecule has 1 aromatic rings. The second-order valence-corrected chi connectivity index (χ2v) is 6.57. The first-order valence-electron chi connectivity index (χ1n) is 6.78. The van der Waals surface area contributed by atoms with E-state index >= 15 is 0 Å². The lowest BCUT2D eigenvalue weighted by atomic mass is 9.78. The molecule has 1 aromatic heterocycles. The van der Waals surface area contributed by atoms with Crippen molar-refractivity contribution in [2.24, 2.45) is 17.6 Å². The van der Waals surface area contributed by atoms with Gasteiger partial charge in [0.2, 0.25) is 0 Å². The number of nitrogens with zero attached hydrogens (tertiary/aromatic N) is 2. The Bertz CT molecular complexity index is 449. The highest BCUT2D eigenvalue weighted by molar-refractivity contribution is 9.10. The minimum Gasteiger partial charge on any atom is -0.356 e. The summed E-state index contributed by atoms with van der Waals surface area (Å²) in [5.41, 5.74) is 7.51. The van der Waals surface area contributed by atoms with Gasteiger partial charge in [-0.15, -0.1) is 0 Å². The van der Waals surface area contributed by atoms with E-state index < -0.39 is 0 Å². The second kappa shape index (κ2) is 4.82. The lowest BCUT2D eigenvalue weighted by Crippen LogP contribution is -2.38. The fraction of sp³-hybridized carbons (Fsp3) is 0.643. The van der Waals surface area contributed by atoms with Gasteiger partial charge in [0.1, 0.15) is 5.82 Å². The zero-order chi connectivity index (χ0) is 12.7. The van der Waals surface area contributed by atoms with Crippen LogP contribution in [0, 0.1) is 18.8 Å². The third-order valence-electron chi connectivity index (χ3n) is 4.51. The van der Waals surface area contributed by atoms with E-state index in [-0.39, 0.29) is 0 Å². The van der Waals surface area contributed by atoms with Crippen LogP contribution < -0.4 is 10.6 Å². The zero-order valence-electron chi connectivity index (χ0n) is 10.8. The van der Waals surface area contributed by atoms with Crippen LogP contribution in [0.5, 0.6) is 0 Å². The topological polar surface area (TPSA) is 42.1 Å². The predicted molar refractivity (Wildman–Crippen MR) is 77.7 cm³/mol. The summed E-state index contributed by atoms with van der Waals surface area (Å²) in [6.07, 6.45) is 5.74. The first-order valence-corrected chi connectivity index (χ1v) is 7.57. The monoisotopic (exact) mass is 309 g/mol. The SMILES string of the molecule is Cc1cc(N2CC3CCCC(N)C3C2)ncc1Br. The molecule has 0 bridgehead atoms. The number of aromatic nitrogens is 1. The molecule has 3 unspecified atom stereocenters. The maximum Gasteiger partial charge on any atom is 0.128 e. The number of hydrogen-bond donors (Lipinski definition) is 1. The van der Waals surface area contributed by atoms with E-state index in [9.17, 15) is 0 Å². The van der Waals surface area contributed by atoms with Gasteiger partial charge in [0.15, 0.2) is 0 Å². The van der Waals surface area contributed by atoms with Crippen molar-refractivity contribution in [3.05, 3.63) is 22.3 Å². The lowest BCUT2D eigenvalue weighted by Gasteiger charge is -2.29. The Hall–Kier alpha value is -0.610. The summed E-state index contributed by atoms with van der Waals surface area (Å²) in [6, 6.07) is 2.57. The van der Waals surface area contributed by atoms with E-state index in [1.165, 1.54) is 24.8 Å². The van der Waals surface area contributed by atoms with E-state index in [1.807, 2.05) is 6.20 Å². The van der Waals surface area contributed by atoms with Gasteiger partial charge in [-0.2, -0.15) is 0 Å². The van der Waals surface area contributed by atoms with Crippen molar-refractivity contribution in [3.8, 4) is 0 Å². The molecule has 2 heterocycles. The first kappa shape index (κ1) is 12.4. The number of halogens is 1. The fourth-order valence-electron chi connectivity index (χ4n) is 3.40. The Kier molecular flexibility index (Phi) is 3.32. The van der Waals surface area contributed by atoms with E-state index in [2.05, 4.69) is 38.8 Å². The van der Waals surface area contributed by atoms with Crippen LogP contribution in [0.25, 0.3) is 0 Å². The van der Waals surface area contributed by atoms with E-state index in [4.69, 9.17) is 5.73 Å². The molecule has 1 aliphatic carbocycles. The summed E-state index contributed by atoms with van der Waals surface area (Å²) in [5.74, 6) is 2.56. The molecule has 98 valence electrons. The molecule has 2 N–H and O–H groups in total. The molecule has 1 saturated heterocycles. The minimum atomic E-state index is 0.394. The van der Waals surface area contributed by atoms with Gasteiger partial charge < -0.3 is 10.6 Å². The van der Waals surface area contributed by atoms with Crippen LogP contribution in [0.15, 0.2) is 16.7 Å². The predicted octanol–water partition coefficient (Wildman–Crippen LogP) is 2.72. The van der Waals surface area contributed by atoms with Crippen molar-refractivity contribution in [1.29, 1.82) is 0 Å². The van der Waals surface area contributed by atoms with Crippen LogP contribution in [-0.2, 0) is 0 Å². The number of fused-ring (bicyclic) bond motifs is 1. The highest BCUT2D eigenvalue weighted by Crippen LogP contribution is 2.37. The quantitative estimate of drug-likeness (QED) is 0.867. The Balaban J connectivity index is 1.80. The van der Waals surface area contributed by atoms with Crippen molar-refractivity contribution in [2.75, 3.05) is 18.0 Å². The molecule has 3 atom stereocenters. The maximum atomic E-state index is 6.26. The van der Waals surface area contributed by atoms with Crippen molar-refractivity contribution in [1.82, 2.24) is 4.98 Å². The number of hydrogen-bond acceptors (Lipinski definition) is 3. The third-order valence-corrected chi connectivity index (χ3v) is 5.34. The average Bonchev–Trinajstić information content (AvgIpc) is 2.78. The molecule has 0 amide bonds. The number of anilines is 1. The normalized spacial score (nSPS) is 31.5. The van der Waals surface area contributed by atoms with Gasteiger partial charge in [-0.05, 0) is 59.2 Å². The molecular weight excluding hydrogens is 290 g/mol. The molecule has 3 rings (SSSR count). The summed E-state index contributed by atoms with van der Waals surface area (Å²) in [6.45, 7) is 4.33. The zero-order valence-corrected chi connectivity index (χ0v) is 12.4.